The van der Waals surface area contributed by atoms with Crippen molar-refractivity contribution in [2.45, 2.75) is 303 Å². The summed E-state index contributed by atoms with van der Waals surface area (Å²) < 4.78 is 0. The van der Waals surface area contributed by atoms with Crippen molar-refractivity contribution in [1.29, 1.82) is 0 Å². The van der Waals surface area contributed by atoms with E-state index in [4.69, 9.17) is 9.98 Å². The van der Waals surface area contributed by atoms with Crippen LogP contribution in [0.25, 0.3) is 0 Å². The van der Waals surface area contributed by atoms with E-state index in [9.17, 15) is 0 Å². The number of para-hydroxylation sites is 2. The number of nitrogens with zero attached hydrogens (tertiary/aromatic N) is 2. The Labute approximate surface area is 422 Å². The van der Waals surface area contributed by atoms with Crippen LogP contribution in [0, 0.1) is 0 Å². The molecule has 2 nitrogen and oxygen atoms in total. The second-order valence-electron chi connectivity index (χ2n) is 20.2. The molecule has 0 heterocycles. The first-order valence-corrected chi connectivity index (χ1v) is 29.3. The molecule has 3 heteroatoms. The van der Waals surface area contributed by atoms with E-state index in [0.717, 1.165) is 35.6 Å². The van der Waals surface area contributed by atoms with Crippen molar-refractivity contribution in [3.8, 4) is 0 Å². The Bertz CT molecular complexity index is 1330. The fraction of sp³-hybridized carbons (Fsp3) is 0.746. The molecular formula is C63H108N2Ni. The molecule has 0 saturated carbocycles. The second kappa shape index (κ2) is 50.9. The van der Waals surface area contributed by atoms with Crippen molar-refractivity contribution in [2.24, 2.45) is 9.98 Å². The van der Waals surface area contributed by atoms with E-state index in [1.54, 1.807) is 0 Å². The molecule has 0 radical (unpaired) electrons. The van der Waals surface area contributed by atoms with Crippen LogP contribution in [0.2, 0.25) is 0 Å². The zero-order valence-corrected chi connectivity index (χ0v) is 44.9. The summed E-state index contributed by atoms with van der Waals surface area (Å²) in [6.07, 6.45) is 67.9. The smallest absolute Gasteiger partial charge is 0.0848 e. The molecule has 0 spiro atoms. The van der Waals surface area contributed by atoms with Crippen LogP contribution in [-0.2, 0) is 16.5 Å². The van der Waals surface area contributed by atoms with E-state index in [2.05, 4.69) is 86.7 Å². The Morgan fingerprint density at radius 3 is 0.879 bits per heavy atom. The van der Waals surface area contributed by atoms with Crippen molar-refractivity contribution in [3.05, 3.63) is 72.8 Å². The molecule has 0 amide bonds. The summed E-state index contributed by atoms with van der Waals surface area (Å²) in [5.74, 6) is 0. The Hall–Kier alpha value is -1.99. The molecule has 0 aliphatic heterocycles. The topological polar surface area (TPSA) is 24.7 Å². The Morgan fingerprint density at radius 1 is 0.318 bits per heavy atom. The Morgan fingerprint density at radius 2 is 0.576 bits per heavy atom. The van der Waals surface area contributed by atoms with Gasteiger partial charge in [-0.25, -0.2) is 4.99 Å². The molecule has 0 aliphatic carbocycles. The van der Waals surface area contributed by atoms with Gasteiger partial charge in [0.1, 0.15) is 0 Å². The van der Waals surface area contributed by atoms with Crippen LogP contribution in [0.15, 0.2) is 82.8 Å². The number of rotatable bonds is 49. The predicted molar refractivity (Wildman–Crippen MR) is 295 cm³/mol. The monoisotopic (exact) mass is 951 g/mol. The SMILES string of the molecule is CCCCCCCCCCCCCCCCCCCCCCCCCCC/C=C/C(=Nc1ccccc1)C(CCCCCCCCCCCCCCCCCCCC)=Nc1ccccc1.[Ni]. The fourth-order valence-electron chi connectivity index (χ4n) is 9.53. The molecule has 0 atom stereocenters. The third-order valence-corrected chi connectivity index (χ3v) is 13.8. The standard InChI is InChI=1S/C63H108N2.Ni/c1-3-5-7-9-11-13-15-17-19-21-23-24-25-26-27-28-29-30-31-33-35-37-39-41-43-45-53-59-63(65-61-56-50-47-51-57-61)62(64-60-54-48-46-49-55-60)58-52-44-42-40-38-36-34-32-22-20-18-16-14-12-10-8-6-4-2;/h46-51,53-57,59H,3-45,52,58H2,1-2H3;/b59-53+,64-62?,65-63?;. The van der Waals surface area contributed by atoms with Crippen molar-refractivity contribution in [1.82, 2.24) is 0 Å². The number of unbranched alkanes of at least 4 members (excludes halogenated alkanes) is 42. The van der Waals surface area contributed by atoms with Crippen LogP contribution in [0.3, 0.4) is 0 Å². The minimum Gasteiger partial charge on any atom is -0.251 e. The van der Waals surface area contributed by atoms with Gasteiger partial charge in [0.15, 0.2) is 0 Å². The van der Waals surface area contributed by atoms with Gasteiger partial charge in [0.2, 0.25) is 0 Å². The summed E-state index contributed by atoms with van der Waals surface area (Å²) in [5.41, 5.74) is 4.20. The van der Waals surface area contributed by atoms with Crippen molar-refractivity contribution in [3.63, 3.8) is 0 Å². The molecular weight excluding hydrogens is 843 g/mol. The third kappa shape index (κ3) is 41.0. The van der Waals surface area contributed by atoms with E-state index in [-0.39, 0.29) is 16.5 Å². The molecule has 66 heavy (non-hydrogen) atoms. The minimum absolute atomic E-state index is 0. The van der Waals surface area contributed by atoms with Crippen LogP contribution >= 0.6 is 0 Å². The summed E-state index contributed by atoms with van der Waals surface area (Å²) in [4.78, 5) is 10.4. The zero-order valence-electron chi connectivity index (χ0n) is 44.0. The quantitative estimate of drug-likeness (QED) is 0.0359. The van der Waals surface area contributed by atoms with Crippen LogP contribution < -0.4 is 0 Å². The van der Waals surface area contributed by atoms with Gasteiger partial charge in [0, 0.05) is 16.5 Å². The minimum atomic E-state index is 0. The predicted octanol–water partition coefficient (Wildman–Crippen LogP) is 22.7. The maximum atomic E-state index is 5.22. The zero-order chi connectivity index (χ0) is 46.0. The average Bonchev–Trinajstić information content (AvgIpc) is 3.33. The maximum absolute atomic E-state index is 5.22. The fourth-order valence-corrected chi connectivity index (χ4v) is 9.53. The molecule has 0 unspecified atom stereocenters. The molecule has 0 aliphatic rings. The van der Waals surface area contributed by atoms with E-state index < -0.39 is 0 Å². The summed E-state index contributed by atoms with van der Waals surface area (Å²) in [6.45, 7) is 4.62. The van der Waals surface area contributed by atoms with E-state index >= 15 is 0 Å². The third-order valence-electron chi connectivity index (χ3n) is 13.8. The molecule has 2 aromatic carbocycles. The number of aliphatic imine (C=N–C) groups is 2. The number of allylic oxidation sites excluding steroid dienone is 2. The molecule has 0 saturated heterocycles. The van der Waals surface area contributed by atoms with E-state index in [1.807, 2.05) is 0 Å². The normalized spacial score (nSPS) is 12.1. The van der Waals surface area contributed by atoms with Gasteiger partial charge in [0.05, 0.1) is 22.8 Å². The van der Waals surface area contributed by atoms with Crippen LogP contribution in [0.4, 0.5) is 11.4 Å². The van der Waals surface area contributed by atoms with Gasteiger partial charge < -0.3 is 0 Å². The first-order valence-electron chi connectivity index (χ1n) is 29.3. The molecule has 2 rings (SSSR count). The number of benzene rings is 2. The van der Waals surface area contributed by atoms with E-state index in [1.165, 1.54) is 276 Å². The molecule has 2 aromatic rings. The van der Waals surface area contributed by atoms with Gasteiger partial charge in [-0.05, 0) is 56.0 Å². The van der Waals surface area contributed by atoms with Gasteiger partial charge in [-0.15, -0.1) is 0 Å². The number of hydrogen-bond donors (Lipinski definition) is 0. The van der Waals surface area contributed by atoms with Gasteiger partial charge in [-0.2, -0.15) is 0 Å². The van der Waals surface area contributed by atoms with Crippen molar-refractivity contribution >= 4 is 22.8 Å². The Balaban J connectivity index is 0.0000218. The second-order valence-corrected chi connectivity index (χ2v) is 20.2. The molecule has 0 aromatic heterocycles. The molecule has 0 fully saturated rings. The van der Waals surface area contributed by atoms with Crippen LogP contribution in [-0.4, -0.2) is 11.4 Å². The van der Waals surface area contributed by atoms with Crippen LogP contribution in [0.1, 0.15) is 303 Å². The maximum Gasteiger partial charge on any atom is 0.0848 e. The number of hydrogen-bond acceptors (Lipinski definition) is 2. The van der Waals surface area contributed by atoms with Gasteiger partial charge >= 0.3 is 0 Å². The van der Waals surface area contributed by atoms with Gasteiger partial charge in [-0.3, -0.25) is 4.99 Å². The summed E-state index contributed by atoms with van der Waals surface area (Å²) in [5, 5.41) is 0. The summed E-state index contributed by atoms with van der Waals surface area (Å²) >= 11 is 0. The largest absolute Gasteiger partial charge is 0.251 e. The summed E-state index contributed by atoms with van der Waals surface area (Å²) in [7, 11) is 0. The molecule has 0 bridgehead atoms. The summed E-state index contributed by atoms with van der Waals surface area (Å²) in [6, 6.07) is 21.0. The van der Waals surface area contributed by atoms with E-state index in [0.29, 0.717) is 0 Å². The molecule has 0 N–H and O–H groups in total. The van der Waals surface area contributed by atoms with Crippen molar-refractivity contribution in [2.75, 3.05) is 0 Å². The Kier molecular flexibility index (Phi) is 47.8. The van der Waals surface area contributed by atoms with Crippen LogP contribution in [0.5, 0.6) is 0 Å². The average molecular weight is 952 g/mol. The molecule has 380 valence electrons. The van der Waals surface area contributed by atoms with Gasteiger partial charge in [-0.1, -0.05) is 320 Å². The first kappa shape index (κ1) is 62.0. The van der Waals surface area contributed by atoms with Gasteiger partial charge in [0.25, 0.3) is 0 Å². The first-order chi connectivity index (χ1) is 32.3. The van der Waals surface area contributed by atoms with Crippen molar-refractivity contribution < 1.29 is 16.5 Å².